The van der Waals surface area contributed by atoms with Crippen LogP contribution in [0.1, 0.15) is 38.2 Å². The Bertz CT molecular complexity index is 437. The summed E-state index contributed by atoms with van der Waals surface area (Å²) in [5.74, 6) is 0.894. The quantitative estimate of drug-likeness (QED) is 0.831. The van der Waals surface area contributed by atoms with Gasteiger partial charge >= 0.3 is 0 Å². The molecule has 2 aliphatic heterocycles. The Morgan fingerprint density at radius 2 is 1.76 bits per heavy atom. The summed E-state index contributed by atoms with van der Waals surface area (Å²) < 4.78 is 0. The van der Waals surface area contributed by atoms with Crippen molar-refractivity contribution in [2.24, 2.45) is 5.92 Å². The minimum Gasteiger partial charge on any atom is -0.300 e. The molecule has 2 nitrogen and oxygen atoms in total. The van der Waals surface area contributed by atoms with Crippen LogP contribution in [-0.2, 0) is 6.54 Å². The monoisotopic (exact) mass is 306 g/mol. The van der Waals surface area contributed by atoms with Gasteiger partial charge in [0.1, 0.15) is 0 Å². The van der Waals surface area contributed by atoms with E-state index < -0.39 is 0 Å². The van der Waals surface area contributed by atoms with Crippen LogP contribution < -0.4 is 0 Å². The van der Waals surface area contributed by atoms with Crippen LogP contribution in [-0.4, -0.2) is 42.0 Å². The standard InChI is InChI=1S/C18H27ClN2/c1-15-3-2-10-21(13-15)18-8-11-20(12-9-18)14-16-4-6-17(19)7-5-16/h4-7,15,18H,2-3,8-14H2,1H3/t15-/m1/s1. The zero-order chi connectivity index (χ0) is 14.7. The summed E-state index contributed by atoms with van der Waals surface area (Å²) in [4.78, 5) is 5.35. The zero-order valence-electron chi connectivity index (χ0n) is 13.1. The average molecular weight is 307 g/mol. The lowest BCUT2D eigenvalue weighted by molar-refractivity contribution is 0.0729. The first-order valence-corrected chi connectivity index (χ1v) is 8.79. The van der Waals surface area contributed by atoms with Gasteiger partial charge in [0, 0.05) is 24.2 Å². The van der Waals surface area contributed by atoms with Gasteiger partial charge in [0.05, 0.1) is 0 Å². The van der Waals surface area contributed by atoms with Gasteiger partial charge in [0.2, 0.25) is 0 Å². The van der Waals surface area contributed by atoms with Gasteiger partial charge in [0.25, 0.3) is 0 Å². The fourth-order valence-electron chi connectivity index (χ4n) is 3.85. The largest absolute Gasteiger partial charge is 0.300 e. The van der Waals surface area contributed by atoms with Crippen LogP contribution in [0.5, 0.6) is 0 Å². The van der Waals surface area contributed by atoms with Gasteiger partial charge in [-0.3, -0.25) is 4.90 Å². The summed E-state index contributed by atoms with van der Waals surface area (Å²) in [6, 6.07) is 9.13. The molecule has 1 aromatic rings. The molecule has 2 aliphatic rings. The van der Waals surface area contributed by atoms with Crippen LogP contribution >= 0.6 is 11.6 Å². The van der Waals surface area contributed by atoms with Gasteiger partial charge in [0.15, 0.2) is 0 Å². The predicted octanol–water partition coefficient (Wildman–Crippen LogP) is 4.04. The summed E-state index contributed by atoms with van der Waals surface area (Å²) >= 11 is 5.95. The zero-order valence-corrected chi connectivity index (χ0v) is 13.9. The van der Waals surface area contributed by atoms with Gasteiger partial charge in [-0.15, -0.1) is 0 Å². The highest BCUT2D eigenvalue weighted by Crippen LogP contribution is 2.24. The van der Waals surface area contributed by atoms with Gasteiger partial charge in [-0.1, -0.05) is 30.7 Å². The molecule has 0 spiro atoms. The van der Waals surface area contributed by atoms with E-state index in [1.54, 1.807) is 0 Å². The number of benzene rings is 1. The van der Waals surface area contributed by atoms with E-state index in [4.69, 9.17) is 11.6 Å². The highest BCUT2D eigenvalue weighted by molar-refractivity contribution is 6.30. The number of halogens is 1. The normalized spacial score (nSPS) is 26.1. The summed E-state index contributed by atoms with van der Waals surface area (Å²) in [7, 11) is 0. The molecule has 0 unspecified atom stereocenters. The van der Waals surface area contributed by atoms with Crippen molar-refractivity contribution in [1.82, 2.24) is 9.80 Å². The van der Waals surface area contributed by atoms with E-state index in [2.05, 4.69) is 28.9 Å². The van der Waals surface area contributed by atoms with E-state index >= 15 is 0 Å². The van der Waals surface area contributed by atoms with Crippen molar-refractivity contribution in [1.29, 1.82) is 0 Å². The lowest BCUT2D eigenvalue weighted by atomic mass is 9.95. The average Bonchev–Trinajstić information content (AvgIpc) is 2.50. The molecule has 0 saturated carbocycles. The van der Waals surface area contributed by atoms with Crippen LogP contribution in [0, 0.1) is 5.92 Å². The fraction of sp³-hybridized carbons (Fsp3) is 0.667. The number of rotatable bonds is 3. The molecular weight excluding hydrogens is 280 g/mol. The van der Waals surface area contributed by atoms with Crippen molar-refractivity contribution in [2.45, 2.75) is 45.2 Å². The molecule has 1 atom stereocenters. The number of likely N-dealkylation sites (tertiary alicyclic amines) is 2. The third-order valence-electron chi connectivity index (χ3n) is 5.08. The van der Waals surface area contributed by atoms with Crippen molar-refractivity contribution in [3.63, 3.8) is 0 Å². The van der Waals surface area contributed by atoms with E-state index in [1.165, 1.54) is 57.4 Å². The molecule has 0 aliphatic carbocycles. The minimum absolute atomic E-state index is 0.828. The van der Waals surface area contributed by atoms with Crippen LogP contribution in [0.15, 0.2) is 24.3 Å². The predicted molar refractivity (Wildman–Crippen MR) is 89.7 cm³/mol. The Kier molecular flexibility index (Phi) is 5.20. The van der Waals surface area contributed by atoms with Crippen LogP contribution in [0.2, 0.25) is 5.02 Å². The second-order valence-corrected chi connectivity index (χ2v) is 7.31. The van der Waals surface area contributed by atoms with Crippen LogP contribution in [0.4, 0.5) is 0 Å². The maximum absolute atomic E-state index is 5.95. The summed E-state index contributed by atoms with van der Waals surface area (Å²) in [6.45, 7) is 8.59. The lowest BCUT2D eigenvalue weighted by Gasteiger charge is -2.41. The third kappa shape index (κ3) is 4.21. The molecule has 0 bridgehead atoms. The third-order valence-corrected chi connectivity index (χ3v) is 5.33. The van der Waals surface area contributed by atoms with Crippen LogP contribution in [0.3, 0.4) is 0 Å². The first kappa shape index (κ1) is 15.3. The first-order chi connectivity index (χ1) is 10.2. The molecule has 3 heteroatoms. The van der Waals surface area contributed by atoms with Crippen LogP contribution in [0.25, 0.3) is 0 Å². The molecule has 1 aromatic carbocycles. The minimum atomic E-state index is 0.828. The maximum atomic E-state index is 5.95. The molecule has 2 fully saturated rings. The molecule has 2 heterocycles. The molecule has 0 radical (unpaired) electrons. The number of nitrogens with zero attached hydrogens (tertiary/aromatic N) is 2. The molecule has 3 rings (SSSR count). The van der Waals surface area contributed by atoms with Gasteiger partial charge in [-0.2, -0.15) is 0 Å². The number of hydrogen-bond acceptors (Lipinski definition) is 2. The first-order valence-electron chi connectivity index (χ1n) is 8.41. The smallest absolute Gasteiger partial charge is 0.0406 e. The molecular formula is C18H27ClN2. The van der Waals surface area contributed by atoms with E-state index in [1.807, 2.05) is 12.1 Å². The Morgan fingerprint density at radius 1 is 1.05 bits per heavy atom. The van der Waals surface area contributed by atoms with Crippen molar-refractivity contribution in [3.8, 4) is 0 Å². The number of piperidine rings is 2. The van der Waals surface area contributed by atoms with Crippen molar-refractivity contribution in [2.75, 3.05) is 26.2 Å². The van der Waals surface area contributed by atoms with Gasteiger partial charge in [-0.05, 0) is 68.9 Å². The molecule has 0 aromatic heterocycles. The van der Waals surface area contributed by atoms with Gasteiger partial charge < -0.3 is 4.90 Å². The van der Waals surface area contributed by atoms with Crippen molar-refractivity contribution in [3.05, 3.63) is 34.9 Å². The molecule has 2 saturated heterocycles. The van der Waals surface area contributed by atoms with E-state index in [-0.39, 0.29) is 0 Å². The Labute approximate surface area is 134 Å². The Morgan fingerprint density at radius 3 is 2.43 bits per heavy atom. The topological polar surface area (TPSA) is 6.48 Å². The summed E-state index contributed by atoms with van der Waals surface area (Å²) in [5, 5.41) is 0.830. The van der Waals surface area contributed by atoms with Crippen molar-refractivity contribution < 1.29 is 0 Å². The summed E-state index contributed by atoms with van der Waals surface area (Å²) in [6.07, 6.45) is 5.48. The lowest BCUT2D eigenvalue weighted by Crippen LogP contribution is -2.47. The van der Waals surface area contributed by atoms with Crippen molar-refractivity contribution >= 4 is 11.6 Å². The highest BCUT2D eigenvalue weighted by atomic mass is 35.5. The fourth-order valence-corrected chi connectivity index (χ4v) is 3.97. The second kappa shape index (κ2) is 7.13. The van der Waals surface area contributed by atoms with Gasteiger partial charge in [-0.25, -0.2) is 0 Å². The second-order valence-electron chi connectivity index (χ2n) is 6.88. The highest BCUT2D eigenvalue weighted by Gasteiger charge is 2.27. The Balaban J connectivity index is 1.47. The van der Waals surface area contributed by atoms with E-state index in [9.17, 15) is 0 Å². The maximum Gasteiger partial charge on any atom is 0.0406 e. The molecule has 0 amide bonds. The molecule has 21 heavy (non-hydrogen) atoms. The number of hydrogen-bond donors (Lipinski definition) is 0. The van der Waals surface area contributed by atoms with E-state index in [0.29, 0.717) is 0 Å². The van der Waals surface area contributed by atoms with E-state index in [0.717, 1.165) is 23.5 Å². The molecule has 116 valence electrons. The Hall–Kier alpha value is -0.570. The SMILES string of the molecule is C[C@@H]1CCCN(C2CCN(Cc3ccc(Cl)cc3)CC2)C1. The summed E-state index contributed by atoms with van der Waals surface area (Å²) in [5.41, 5.74) is 1.38. The molecule has 0 N–H and O–H groups in total.